The molecule has 1 unspecified atom stereocenters. The Morgan fingerprint density at radius 3 is 2.67 bits per heavy atom. The SMILES string of the molecule is CC(CNC(=O)/C=C/c1cccc(N)c1)c1ccccc1. The number of hydrogen-bond acceptors (Lipinski definition) is 2. The van der Waals surface area contributed by atoms with Gasteiger partial charge in [-0.25, -0.2) is 0 Å². The van der Waals surface area contributed by atoms with Gasteiger partial charge in [0.1, 0.15) is 0 Å². The second-order valence-electron chi connectivity index (χ2n) is 5.06. The van der Waals surface area contributed by atoms with Crippen molar-refractivity contribution in [3.8, 4) is 0 Å². The standard InChI is InChI=1S/C18H20N2O/c1-14(16-7-3-2-4-8-16)13-20-18(21)11-10-15-6-5-9-17(19)12-15/h2-12,14H,13,19H2,1H3,(H,20,21)/b11-10+. The monoisotopic (exact) mass is 280 g/mol. The molecule has 3 nitrogen and oxygen atoms in total. The number of nitrogens with two attached hydrogens (primary N) is 1. The molecular formula is C18H20N2O. The van der Waals surface area contributed by atoms with Crippen LogP contribution in [0.5, 0.6) is 0 Å². The van der Waals surface area contributed by atoms with Gasteiger partial charge in [-0.05, 0) is 35.3 Å². The van der Waals surface area contributed by atoms with Gasteiger partial charge >= 0.3 is 0 Å². The third kappa shape index (κ3) is 4.80. The van der Waals surface area contributed by atoms with E-state index in [1.54, 1.807) is 6.08 Å². The van der Waals surface area contributed by atoms with Gasteiger partial charge < -0.3 is 11.1 Å². The molecule has 0 radical (unpaired) electrons. The summed E-state index contributed by atoms with van der Waals surface area (Å²) in [5.74, 6) is 0.191. The van der Waals surface area contributed by atoms with E-state index >= 15 is 0 Å². The van der Waals surface area contributed by atoms with Crippen LogP contribution in [0.25, 0.3) is 6.08 Å². The zero-order valence-corrected chi connectivity index (χ0v) is 12.1. The molecule has 108 valence electrons. The molecule has 21 heavy (non-hydrogen) atoms. The van der Waals surface area contributed by atoms with Gasteiger partial charge in [0.05, 0.1) is 0 Å². The summed E-state index contributed by atoms with van der Waals surface area (Å²) in [6, 6.07) is 17.6. The van der Waals surface area contributed by atoms with Crippen LogP contribution in [-0.2, 0) is 4.79 Å². The fourth-order valence-corrected chi connectivity index (χ4v) is 2.05. The van der Waals surface area contributed by atoms with Gasteiger partial charge in [-0.1, -0.05) is 49.4 Å². The second-order valence-corrected chi connectivity index (χ2v) is 5.06. The number of rotatable bonds is 5. The fraction of sp³-hybridized carbons (Fsp3) is 0.167. The zero-order chi connectivity index (χ0) is 15.1. The Labute approximate surface area is 125 Å². The summed E-state index contributed by atoms with van der Waals surface area (Å²) >= 11 is 0. The second kappa shape index (κ2) is 7.29. The van der Waals surface area contributed by atoms with Crippen LogP contribution in [0.1, 0.15) is 24.0 Å². The minimum absolute atomic E-state index is 0.0970. The first-order valence-electron chi connectivity index (χ1n) is 7.01. The Morgan fingerprint density at radius 1 is 1.19 bits per heavy atom. The van der Waals surface area contributed by atoms with Crippen molar-refractivity contribution in [1.29, 1.82) is 0 Å². The lowest BCUT2D eigenvalue weighted by molar-refractivity contribution is -0.116. The number of carbonyl (C=O) groups is 1. The van der Waals surface area contributed by atoms with Crippen molar-refractivity contribution in [3.05, 3.63) is 71.8 Å². The Balaban J connectivity index is 1.85. The van der Waals surface area contributed by atoms with E-state index in [2.05, 4.69) is 24.4 Å². The first kappa shape index (κ1) is 14.9. The van der Waals surface area contributed by atoms with Crippen LogP contribution in [0.4, 0.5) is 5.69 Å². The third-order valence-electron chi connectivity index (χ3n) is 3.29. The molecular weight excluding hydrogens is 260 g/mol. The summed E-state index contributed by atoms with van der Waals surface area (Å²) in [6.07, 6.45) is 3.30. The van der Waals surface area contributed by atoms with E-state index in [0.717, 1.165) is 5.56 Å². The molecule has 0 spiro atoms. The molecule has 0 heterocycles. The first-order chi connectivity index (χ1) is 10.1. The van der Waals surface area contributed by atoms with Crippen molar-refractivity contribution in [2.75, 3.05) is 12.3 Å². The Hall–Kier alpha value is -2.55. The van der Waals surface area contributed by atoms with E-state index in [4.69, 9.17) is 5.73 Å². The van der Waals surface area contributed by atoms with E-state index in [9.17, 15) is 4.79 Å². The largest absolute Gasteiger partial charge is 0.399 e. The quantitative estimate of drug-likeness (QED) is 0.652. The number of benzene rings is 2. The molecule has 0 fully saturated rings. The lowest BCUT2D eigenvalue weighted by Crippen LogP contribution is -2.25. The van der Waals surface area contributed by atoms with Crippen LogP contribution < -0.4 is 11.1 Å². The maximum absolute atomic E-state index is 11.8. The fourth-order valence-electron chi connectivity index (χ4n) is 2.05. The van der Waals surface area contributed by atoms with Crippen molar-refractivity contribution >= 4 is 17.7 Å². The van der Waals surface area contributed by atoms with E-state index in [1.165, 1.54) is 11.6 Å². The molecule has 0 saturated heterocycles. The number of anilines is 1. The maximum atomic E-state index is 11.8. The molecule has 0 aliphatic rings. The van der Waals surface area contributed by atoms with Gasteiger partial charge in [0.2, 0.25) is 5.91 Å². The van der Waals surface area contributed by atoms with E-state index < -0.39 is 0 Å². The number of amides is 1. The van der Waals surface area contributed by atoms with Gasteiger partial charge in [-0.15, -0.1) is 0 Å². The molecule has 0 aromatic heterocycles. The van der Waals surface area contributed by atoms with E-state index in [0.29, 0.717) is 12.2 Å². The molecule has 0 bridgehead atoms. The maximum Gasteiger partial charge on any atom is 0.244 e. The summed E-state index contributed by atoms with van der Waals surface area (Å²) < 4.78 is 0. The molecule has 2 rings (SSSR count). The highest BCUT2D eigenvalue weighted by Crippen LogP contribution is 2.13. The molecule has 1 atom stereocenters. The Bertz CT molecular complexity index is 620. The van der Waals surface area contributed by atoms with Crippen molar-refractivity contribution in [2.45, 2.75) is 12.8 Å². The molecule has 1 amide bonds. The topological polar surface area (TPSA) is 55.1 Å². The van der Waals surface area contributed by atoms with E-state index in [-0.39, 0.29) is 11.8 Å². The van der Waals surface area contributed by atoms with Crippen LogP contribution >= 0.6 is 0 Å². The highest BCUT2D eigenvalue weighted by atomic mass is 16.1. The van der Waals surface area contributed by atoms with Gasteiger partial charge in [-0.2, -0.15) is 0 Å². The molecule has 2 aromatic rings. The van der Waals surface area contributed by atoms with Crippen LogP contribution in [0, 0.1) is 0 Å². The summed E-state index contributed by atoms with van der Waals surface area (Å²) in [5.41, 5.74) is 8.52. The first-order valence-corrected chi connectivity index (χ1v) is 7.01. The average Bonchev–Trinajstić information content (AvgIpc) is 2.51. The van der Waals surface area contributed by atoms with Crippen molar-refractivity contribution in [1.82, 2.24) is 5.32 Å². The smallest absolute Gasteiger partial charge is 0.244 e. The predicted octanol–water partition coefficient (Wildman–Crippen LogP) is 3.20. The average molecular weight is 280 g/mol. The van der Waals surface area contributed by atoms with Gasteiger partial charge in [-0.3, -0.25) is 4.79 Å². The molecule has 0 aliphatic carbocycles. The van der Waals surface area contributed by atoms with Gasteiger partial charge in [0, 0.05) is 18.3 Å². The summed E-state index contributed by atoms with van der Waals surface area (Å²) in [5, 5.41) is 2.91. The van der Waals surface area contributed by atoms with Gasteiger partial charge in [0.25, 0.3) is 0 Å². The Kier molecular flexibility index (Phi) is 5.16. The predicted molar refractivity (Wildman–Crippen MR) is 87.8 cm³/mol. The minimum Gasteiger partial charge on any atom is -0.399 e. The number of nitrogen functional groups attached to an aromatic ring is 1. The lowest BCUT2D eigenvalue weighted by atomic mass is 10.0. The molecule has 3 heteroatoms. The minimum atomic E-state index is -0.0970. The Morgan fingerprint density at radius 2 is 1.95 bits per heavy atom. The number of carbonyl (C=O) groups excluding carboxylic acids is 1. The highest BCUT2D eigenvalue weighted by molar-refractivity contribution is 5.91. The zero-order valence-electron chi connectivity index (χ0n) is 12.1. The summed E-state index contributed by atoms with van der Waals surface area (Å²) in [6.45, 7) is 2.71. The van der Waals surface area contributed by atoms with Crippen molar-refractivity contribution in [3.63, 3.8) is 0 Å². The highest BCUT2D eigenvalue weighted by Gasteiger charge is 2.05. The third-order valence-corrected chi connectivity index (χ3v) is 3.29. The molecule has 0 aliphatic heterocycles. The molecule has 0 saturated carbocycles. The lowest BCUT2D eigenvalue weighted by Gasteiger charge is -2.11. The number of nitrogens with one attached hydrogen (secondary N) is 1. The van der Waals surface area contributed by atoms with Crippen LogP contribution in [0.2, 0.25) is 0 Å². The molecule has 2 aromatic carbocycles. The number of hydrogen-bond donors (Lipinski definition) is 2. The van der Waals surface area contributed by atoms with E-state index in [1.807, 2.05) is 42.5 Å². The summed E-state index contributed by atoms with van der Waals surface area (Å²) in [4.78, 5) is 11.8. The van der Waals surface area contributed by atoms with Crippen LogP contribution in [0.3, 0.4) is 0 Å². The molecule has 3 N–H and O–H groups in total. The van der Waals surface area contributed by atoms with Crippen LogP contribution in [0.15, 0.2) is 60.7 Å². The van der Waals surface area contributed by atoms with Crippen molar-refractivity contribution in [2.24, 2.45) is 0 Å². The van der Waals surface area contributed by atoms with Gasteiger partial charge in [0.15, 0.2) is 0 Å². The van der Waals surface area contributed by atoms with Crippen molar-refractivity contribution < 1.29 is 4.79 Å². The van der Waals surface area contributed by atoms with Crippen LogP contribution in [-0.4, -0.2) is 12.5 Å². The summed E-state index contributed by atoms with van der Waals surface area (Å²) in [7, 11) is 0. The normalized spacial score (nSPS) is 12.2.